The van der Waals surface area contributed by atoms with Crippen LogP contribution in [0, 0.1) is 14.4 Å². The number of rotatable bonds is 9. The Morgan fingerprint density at radius 1 is 1.13 bits per heavy atom. The number of halogens is 2. The van der Waals surface area contributed by atoms with Gasteiger partial charge in [-0.2, -0.15) is 11.8 Å². The Morgan fingerprint density at radius 3 is 2.16 bits per heavy atom. The minimum absolute atomic E-state index is 0.0687. The fraction of sp³-hybridized carbons (Fsp3) is 0.667. The van der Waals surface area contributed by atoms with Crippen LogP contribution in [0.2, 0.25) is 0 Å². The van der Waals surface area contributed by atoms with Gasteiger partial charge in [0.25, 0.3) is 0 Å². The maximum absolute atomic E-state index is 13.4. The Balaban J connectivity index is 3.18. The molecule has 2 unspecified atom stereocenters. The lowest BCUT2D eigenvalue weighted by Crippen LogP contribution is -2.46. The lowest BCUT2D eigenvalue weighted by molar-refractivity contribution is -0.152. The van der Waals surface area contributed by atoms with Gasteiger partial charge in [-0.1, -0.05) is 64.1 Å². The van der Waals surface area contributed by atoms with Gasteiger partial charge in [0, 0.05) is 8.67 Å². The van der Waals surface area contributed by atoms with Gasteiger partial charge in [0.1, 0.15) is 11.9 Å². The van der Waals surface area contributed by atoms with Gasteiger partial charge in [0.05, 0.1) is 14.5 Å². The van der Waals surface area contributed by atoms with E-state index in [1.807, 2.05) is 20.1 Å². The van der Waals surface area contributed by atoms with Crippen LogP contribution in [-0.2, 0) is 9.53 Å². The summed E-state index contributed by atoms with van der Waals surface area (Å²) in [7, 11) is 0. The highest BCUT2D eigenvalue weighted by Gasteiger charge is 2.48. The van der Waals surface area contributed by atoms with Gasteiger partial charge in [-0.3, -0.25) is 4.79 Å². The van der Waals surface area contributed by atoms with Crippen molar-refractivity contribution < 1.29 is 19.1 Å². The average molecular weight is 674 g/mol. The first kappa shape index (κ1) is 29.0. The van der Waals surface area contributed by atoms with Crippen molar-refractivity contribution in [2.75, 3.05) is 6.26 Å². The number of thioether (sulfide) groups is 1. The van der Waals surface area contributed by atoms with Crippen LogP contribution in [0.15, 0.2) is 18.2 Å². The van der Waals surface area contributed by atoms with Crippen LogP contribution >= 0.6 is 56.9 Å². The van der Waals surface area contributed by atoms with Gasteiger partial charge in [0.2, 0.25) is 0 Å². The highest BCUT2D eigenvalue weighted by molar-refractivity contribution is 14.1. The summed E-state index contributed by atoms with van der Waals surface area (Å²) >= 11 is 6.17. The molecule has 0 heterocycles. The molecule has 0 bridgehead atoms. The van der Waals surface area contributed by atoms with E-state index in [0.29, 0.717) is 17.7 Å². The Kier molecular flexibility index (Phi) is 10.7. The molecule has 0 aromatic heterocycles. The molecule has 0 saturated heterocycles. The third-order valence-corrected chi connectivity index (χ3v) is 8.13. The lowest BCUT2D eigenvalue weighted by Gasteiger charge is -2.42. The molecular weight excluding hydrogens is 638 g/mol. The molecule has 1 aromatic carbocycles. The molecule has 176 valence electrons. The summed E-state index contributed by atoms with van der Waals surface area (Å²) in [4.78, 5) is 26.1. The second-order valence-corrected chi connectivity index (χ2v) is 15.1. The number of benzene rings is 1. The minimum atomic E-state index is -0.696. The van der Waals surface area contributed by atoms with Crippen LogP contribution in [0.25, 0.3) is 0 Å². The molecule has 31 heavy (non-hydrogen) atoms. The van der Waals surface area contributed by atoms with Gasteiger partial charge in [-0.25, -0.2) is 4.79 Å². The Hall–Kier alpha value is -0.0300. The summed E-state index contributed by atoms with van der Waals surface area (Å²) < 4.78 is 12.3. The first-order chi connectivity index (χ1) is 14.1. The topological polar surface area (TPSA) is 52.6 Å². The molecule has 3 atom stereocenters. The molecule has 1 aromatic rings. The highest BCUT2D eigenvalue weighted by atomic mass is 127. The lowest BCUT2D eigenvalue weighted by atomic mass is 9.64. The average Bonchev–Trinajstić information content (AvgIpc) is 2.64. The minimum Gasteiger partial charge on any atom is -0.458 e. The van der Waals surface area contributed by atoms with E-state index in [1.165, 1.54) is 0 Å². The third-order valence-electron chi connectivity index (χ3n) is 5.81. The van der Waals surface area contributed by atoms with Crippen LogP contribution in [0.3, 0.4) is 0 Å². The van der Waals surface area contributed by atoms with Crippen LogP contribution in [-0.4, -0.2) is 33.0 Å². The first-order valence-electron chi connectivity index (χ1n) is 10.5. The Bertz CT molecular complexity index is 783. The van der Waals surface area contributed by atoms with Crippen molar-refractivity contribution in [1.82, 2.24) is 0 Å². The van der Waals surface area contributed by atoms with Gasteiger partial charge in [-0.05, 0) is 79.1 Å². The van der Waals surface area contributed by atoms with E-state index in [9.17, 15) is 9.59 Å². The van der Waals surface area contributed by atoms with Gasteiger partial charge >= 0.3 is 11.9 Å². The van der Waals surface area contributed by atoms with E-state index in [4.69, 9.17) is 9.47 Å². The molecule has 0 N–H and O–H groups in total. The van der Waals surface area contributed by atoms with Crippen molar-refractivity contribution in [1.29, 1.82) is 0 Å². The van der Waals surface area contributed by atoms with E-state index in [-0.39, 0.29) is 26.2 Å². The molecule has 0 aliphatic carbocycles. The second-order valence-electron chi connectivity index (χ2n) is 9.81. The fourth-order valence-electron chi connectivity index (χ4n) is 3.27. The molecule has 1 rings (SSSR count). The largest absolute Gasteiger partial charge is 0.458 e. The quantitative estimate of drug-likeness (QED) is 0.117. The van der Waals surface area contributed by atoms with E-state index < -0.39 is 11.4 Å². The van der Waals surface area contributed by atoms with Gasteiger partial charge in [-0.15, -0.1) is 0 Å². The zero-order valence-electron chi connectivity index (χ0n) is 20.1. The van der Waals surface area contributed by atoms with E-state index in [1.54, 1.807) is 30.0 Å². The number of alkyl halides is 1. The van der Waals surface area contributed by atoms with Crippen molar-refractivity contribution in [2.24, 2.45) is 10.8 Å². The normalized spacial score (nSPS) is 16.2. The molecule has 0 fully saturated rings. The van der Waals surface area contributed by atoms with Gasteiger partial charge < -0.3 is 9.47 Å². The van der Waals surface area contributed by atoms with Crippen molar-refractivity contribution in [3.8, 4) is 5.75 Å². The van der Waals surface area contributed by atoms with Crippen molar-refractivity contribution in [3.63, 3.8) is 0 Å². The van der Waals surface area contributed by atoms with E-state index >= 15 is 0 Å². The number of hydrogen-bond acceptors (Lipinski definition) is 5. The summed E-state index contributed by atoms with van der Waals surface area (Å²) in [6.45, 7) is 16.4. The maximum atomic E-state index is 13.4. The van der Waals surface area contributed by atoms with Crippen molar-refractivity contribution in [3.05, 3.63) is 27.3 Å². The van der Waals surface area contributed by atoms with E-state index in [2.05, 4.69) is 86.7 Å². The second kappa shape index (κ2) is 11.4. The molecule has 0 radical (unpaired) electrons. The standard InChI is InChI=1S/C24H36I2O4S/c1-10-18(15(2)31-9)29-20(27)16-11-12-17(25)19(13-16)30-21(28)24(8,22(3,4)5)14-23(6,7)26/h11-13,15,18H,10,14H2,1-9H3/t15-,18?,24?/m0/s1. The molecule has 7 heteroatoms. The van der Waals surface area contributed by atoms with Crippen molar-refractivity contribution >= 4 is 68.9 Å². The Labute approximate surface area is 219 Å². The first-order valence-corrected chi connectivity index (χ1v) is 13.9. The van der Waals surface area contributed by atoms with Crippen LogP contribution < -0.4 is 4.74 Å². The highest BCUT2D eigenvalue weighted by Crippen LogP contribution is 2.47. The number of ether oxygens (including phenoxy) is 2. The maximum Gasteiger partial charge on any atom is 0.338 e. The van der Waals surface area contributed by atoms with Gasteiger partial charge in [0.15, 0.2) is 0 Å². The predicted octanol–water partition coefficient (Wildman–Crippen LogP) is 7.54. The molecule has 0 aliphatic rings. The summed E-state index contributed by atoms with van der Waals surface area (Å²) in [6.07, 6.45) is 3.26. The summed E-state index contributed by atoms with van der Waals surface area (Å²) in [5.41, 5.74) is -0.600. The molecule has 4 nitrogen and oxygen atoms in total. The summed E-state index contributed by atoms with van der Waals surface area (Å²) in [6, 6.07) is 5.13. The SMILES string of the molecule is CCC(OC(=O)c1ccc(I)c(OC(=O)C(C)(CC(C)(C)I)C(C)(C)C)c1)[C@H](C)SC. The van der Waals surface area contributed by atoms with Crippen LogP contribution in [0.1, 0.15) is 78.6 Å². The molecule has 0 amide bonds. The van der Waals surface area contributed by atoms with E-state index in [0.717, 1.165) is 9.99 Å². The van der Waals surface area contributed by atoms with Crippen molar-refractivity contribution in [2.45, 2.75) is 83.0 Å². The smallest absolute Gasteiger partial charge is 0.338 e. The van der Waals surface area contributed by atoms with Crippen LogP contribution in [0.4, 0.5) is 0 Å². The number of carbonyl (C=O) groups is 2. The number of carbonyl (C=O) groups excluding carboxylic acids is 2. The molecule has 0 saturated carbocycles. The zero-order chi connectivity index (χ0) is 24.2. The zero-order valence-corrected chi connectivity index (χ0v) is 25.2. The predicted molar refractivity (Wildman–Crippen MR) is 148 cm³/mol. The number of esters is 2. The molecule has 0 aliphatic heterocycles. The number of hydrogen-bond donors (Lipinski definition) is 0. The third kappa shape index (κ3) is 8.05. The summed E-state index contributed by atoms with van der Waals surface area (Å²) in [5.74, 6) is -0.281. The molecular formula is C24H36I2O4S. The fourth-order valence-corrected chi connectivity index (χ4v) is 5.03. The van der Waals surface area contributed by atoms with Crippen LogP contribution in [0.5, 0.6) is 5.75 Å². The monoisotopic (exact) mass is 674 g/mol. The summed E-state index contributed by atoms with van der Waals surface area (Å²) in [5, 5.41) is 0.208. The Morgan fingerprint density at radius 2 is 1.71 bits per heavy atom. The molecule has 0 spiro atoms.